The van der Waals surface area contributed by atoms with Gasteiger partial charge in [0.1, 0.15) is 22.3 Å². The topological polar surface area (TPSA) is 29.5 Å². The van der Waals surface area contributed by atoms with Crippen LogP contribution < -0.4 is 4.90 Å². The first-order valence-corrected chi connectivity index (χ1v) is 20.1. The van der Waals surface area contributed by atoms with Gasteiger partial charge < -0.3 is 13.7 Å². The van der Waals surface area contributed by atoms with E-state index in [1.807, 2.05) is 12.1 Å². The highest BCUT2D eigenvalue weighted by Gasteiger charge is 2.21. The lowest BCUT2D eigenvalue weighted by Gasteiger charge is -2.26. The van der Waals surface area contributed by atoms with Gasteiger partial charge in [0, 0.05) is 55.8 Å². The standard InChI is InChI=1S/C56H35NO2/c1-2-12-36(13-3-1)37-24-28-41(29-25-37)57(42-30-26-39(27-31-42)46-20-11-22-50-47-19-8-9-23-52(47)58-55(46)50)43-32-33-48-51-34-40-15-5-7-18-45(40)54(56(51)59-53(48)35-43)49-21-10-16-38-14-4-6-17-44(38)49/h1-35H. The Hall–Kier alpha value is -7.88. The molecule has 0 spiro atoms. The van der Waals surface area contributed by atoms with Gasteiger partial charge in [0.05, 0.1) is 0 Å². The van der Waals surface area contributed by atoms with Gasteiger partial charge >= 0.3 is 0 Å². The lowest BCUT2D eigenvalue weighted by Crippen LogP contribution is -2.09. The van der Waals surface area contributed by atoms with Gasteiger partial charge in [-0.15, -0.1) is 0 Å². The van der Waals surface area contributed by atoms with Crippen molar-refractivity contribution in [3.05, 3.63) is 212 Å². The third kappa shape index (κ3) is 5.44. The van der Waals surface area contributed by atoms with Crippen molar-refractivity contribution in [1.82, 2.24) is 0 Å². The maximum absolute atomic E-state index is 7.04. The van der Waals surface area contributed by atoms with Crippen molar-refractivity contribution in [1.29, 1.82) is 0 Å². The molecule has 0 fully saturated rings. The number of para-hydroxylation sites is 2. The van der Waals surface area contributed by atoms with E-state index < -0.39 is 0 Å². The van der Waals surface area contributed by atoms with Gasteiger partial charge in [-0.2, -0.15) is 0 Å². The molecular formula is C56H35NO2. The van der Waals surface area contributed by atoms with Gasteiger partial charge in [0.2, 0.25) is 0 Å². The Morgan fingerprint density at radius 3 is 1.66 bits per heavy atom. The van der Waals surface area contributed by atoms with Gasteiger partial charge in [0.15, 0.2) is 0 Å². The van der Waals surface area contributed by atoms with Crippen LogP contribution >= 0.6 is 0 Å². The molecular weight excluding hydrogens is 719 g/mol. The molecule has 0 amide bonds. The molecule has 0 unspecified atom stereocenters. The normalized spacial score (nSPS) is 11.7. The summed E-state index contributed by atoms with van der Waals surface area (Å²) in [5.74, 6) is 0. The Bertz CT molecular complexity index is 3540. The zero-order valence-electron chi connectivity index (χ0n) is 32.0. The van der Waals surface area contributed by atoms with Crippen LogP contribution in [0, 0.1) is 0 Å². The molecule has 0 N–H and O–H groups in total. The number of nitrogens with zero attached hydrogens (tertiary/aromatic N) is 1. The molecule has 10 aromatic carbocycles. The summed E-state index contributed by atoms with van der Waals surface area (Å²) in [6.45, 7) is 0. The van der Waals surface area contributed by atoms with Gasteiger partial charge in [-0.3, -0.25) is 0 Å². The van der Waals surface area contributed by atoms with Gasteiger partial charge in [-0.05, 0) is 92.3 Å². The summed E-state index contributed by atoms with van der Waals surface area (Å²) >= 11 is 0. The number of fused-ring (bicyclic) bond motifs is 8. The summed E-state index contributed by atoms with van der Waals surface area (Å²) in [5, 5.41) is 9.23. The molecule has 0 saturated carbocycles. The zero-order chi connectivity index (χ0) is 38.9. The molecule has 3 nitrogen and oxygen atoms in total. The molecule has 2 heterocycles. The van der Waals surface area contributed by atoms with E-state index in [0.29, 0.717) is 0 Å². The average Bonchev–Trinajstić information content (AvgIpc) is 3.87. The summed E-state index contributed by atoms with van der Waals surface area (Å²) in [6, 6.07) is 75.5. The van der Waals surface area contributed by atoms with Crippen LogP contribution in [0.5, 0.6) is 0 Å². The van der Waals surface area contributed by atoms with Crippen LogP contribution in [-0.4, -0.2) is 0 Å². The van der Waals surface area contributed by atoms with Crippen LogP contribution in [-0.2, 0) is 0 Å². The molecule has 0 aliphatic carbocycles. The Morgan fingerprint density at radius 2 is 0.847 bits per heavy atom. The van der Waals surface area contributed by atoms with Crippen LogP contribution in [0.1, 0.15) is 0 Å². The fourth-order valence-electron chi connectivity index (χ4n) is 9.06. The summed E-state index contributed by atoms with van der Waals surface area (Å²) in [5.41, 5.74) is 13.5. The smallest absolute Gasteiger partial charge is 0.143 e. The molecule has 0 atom stereocenters. The van der Waals surface area contributed by atoms with Crippen molar-refractivity contribution in [3.63, 3.8) is 0 Å². The highest BCUT2D eigenvalue weighted by molar-refractivity contribution is 6.21. The third-order valence-electron chi connectivity index (χ3n) is 11.9. The molecule has 0 bridgehead atoms. The summed E-state index contributed by atoms with van der Waals surface area (Å²) in [4.78, 5) is 2.31. The first-order chi connectivity index (χ1) is 29.2. The minimum atomic E-state index is 0.841. The largest absolute Gasteiger partial charge is 0.455 e. The Labute approximate surface area is 340 Å². The molecule has 3 heteroatoms. The fourth-order valence-corrected chi connectivity index (χ4v) is 9.06. The minimum absolute atomic E-state index is 0.841. The molecule has 2 aromatic heterocycles. The maximum atomic E-state index is 7.04. The fraction of sp³-hybridized carbons (Fsp3) is 0. The second-order valence-corrected chi connectivity index (χ2v) is 15.2. The van der Waals surface area contributed by atoms with E-state index in [2.05, 4.69) is 205 Å². The van der Waals surface area contributed by atoms with E-state index in [4.69, 9.17) is 8.83 Å². The Kier molecular flexibility index (Phi) is 7.54. The van der Waals surface area contributed by atoms with Crippen molar-refractivity contribution >= 4 is 82.5 Å². The van der Waals surface area contributed by atoms with Gasteiger partial charge in [-0.1, -0.05) is 158 Å². The number of benzene rings is 10. The lowest BCUT2D eigenvalue weighted by atomic mass is 9.92. The van der Waals surface area contributed by atoms with Crippen molar-refractivity contribution in [2.24, 2.45) is 0 Å². The van der Waals surface area contributed by atoms with E-state index in [1.54, 1.807) is 0 Å². The molecule has 0 radical (unpaired) electrons. The number of anilines is 3. The van der Waals surface area contributed by atoms with E-state index in [1.165, 1.54) is 38.2 Å². The van der Waals surface area contributed by atoms with Gasteiger partial charge in [0.25, 0.3) is 0 Å². The van der Waals surface area contributed by atoms with E-state index in [-0.39, 0.29) is 0 Å². The monoisotopic (exact) mass is 753 g/mol. The summed E-state index contributed by atoms with van der Waals surface area (Å²) < 4.78 is 13.5. The highest BCUT2D eigenvalue weighted by atomic mass is 16.3. The molecule has 0 aliphatic rings. The van der Waals surface area contributed by atoms with Crippen LogP contribution in [0.2, 0.25) is 0 Å². The second kappa shape index (κ2) is 13.4. The number of hydrogen-bond acceptors (Lipinski definition) is 3. The van der Waals surface area contributed by atoms with Crippen molar-refractivity contribution in [2.75, 3.05) is 4.90 Å². The first kappa shape index (κ1) is 33.3. The molecule has 59 heavy (non-hydrogen) atoms. The SMILES string of the molecule is c1ccc(-c2ccc(N(c3ccc(-c4cccc5c4oc4ccccc45)cc3)c3ccc4c(c3)oc3c(-c5cccc6ccccc56)c5ccccc5cc34)cc2)cc1. The predicted molar refractivity (Wildman–Crippen MR) is 247 cm³/mol. The van der Waals surface area contributed by atoms with Crippen molar-refractivity contribution in [2.45, 2.75) is 0 Å². The Balaban J connectivity index is 1.03. The second-order valence-electron chi connectivity index (χ2n) is 15.2. The quantitative estimate of drug-likeness (QED) is 0.169. The maximum Gasteiger partial charge on any atom is 0.143 e. The first-order valence-electron chi connectivity index (χ1n) is 20.1. The number of rotatable bonds is 6. The van der Waals surface area contributed by atoms with E-state index in [0.717, 1.165) is 77.6 Å². The third-order valence-corrected chi connectivity index (χ3v) is 11.9. The summed E-state index contributed by atoms with van der Waals surface area (Å²) in [6.07, 6.45) is 0. The van der Waals surface area contributed by atoms with Gasteiger partial charge in [-0.25, -0.2) is 0 Å². The number of hydrogen-bond donors (Lipinski definition) is 0. The number of furan rings is 2. The van der Waals surface area contributed by atoms with Crippen molar-refractivity contribution in [3.8, 4) is 33.4 Å². The molecule has 12 rings (SSSR count). The van der Waals surface area contributed by atoms with Crippen LogP contribution in [0.3, 0.4) is 0 Å². The van der Waals surface area contributed by atoms with E-state index >= 15 is 0 Å². The van der Waals surface area contributed by atoms with E-state index in [9.17, 15) is 0 Å². The molecule has 0 saturated heterocycles. The lowest BCUT2D eigenvalue weighted by molar-refractivity contribution is 0.670. The molecule has 12 aromatic rings. The molecule has 0 aliphatic heterocycles. The Morgan fingerprint density at radius 1 is 0.288 bits per heavy atom. The van der Waals surface area contributed by atoms with Crippen LogP contribution in [0.15, 0.2) is 221 Å². The minimum Gasteiger partial charge on any atom is -0.455 e. The summed E-state index contributed by atoms with van der Waals surface area (Å²) in [7, 11) is 0. The van der Waals surface area contributed by atoms with Crippen LogP contribution in [0.4, 0.5) is 17.1 Å². The average molecular weight is 754 g/mol. The predicted octanol–water partition coefficient (Wildman–Crippen LogP) is 16.3. The molecule has 276 valence electrons. The van der Waals surface area contributed by atoms with Crippen molar-refractivity contribution < 1.29 is 8.83 Å². The van der Waals surface area contributed by atoms with Crippen LogP contribution in [0.25, 0.3) is 98.8 Å². The highest BCUT2D eigenvalue weighted by Crippen LogP contribution is 2.46. The zero-order valence-corrected chi connectivity index (χ0v) is 32.0.